The minimum atomic E-state index is -0.529. The van der Waals surface area contributed by atoms with Crippen molar-refractivity contribution in [2.24, 2.45) is 5.73 Å². The van der Waals surface area contributed by atoms with E-state index in [0.717, 1.165) is 26.8 Å². The number of anilines is 1. The van der Waals surface area contributed by atoms with Crippen LogP contribution in [-0.4, -0.2) is 25.2 Å². The molecule has 1 aromatic heterocycles. The third kappa shape index (κ3) is 3.03. The Morgan fingerprint density at radius 3 is 2.41 bits per heavy atom. The van der Waals surface area contributed by atoms with Gasteiger partial charge in [0.25, 0.3) is 5.91 Å². The molecule has 1 amide bonds. The minimum absolute atomic E-state index is 0.107. The van der Waals surface area contributed by atoms with Crippen molar-refractivity contribution in [3.63, 3.8) is 0 Å². The van der Waals surface area contributed by atoms with Crippen molar-refractivity contribution in [2.45, 2.75) is 13.0 Å². The van der Waals surface area contributed by atoms with E-state index in [4.69, 9.17) is 10.5 Å². The molecule has 1 unspecified atom stereocenters. The number of fused-ring (bicyclic) bond motifs is 1. The lowest BCUT2D eigenvalue weighted by Gasteiger charge is -2.27. The van der Waals surface area contributed by atoms with Crippen LogP contribution in [0.15, 0.2) is 65.9 Å². The fourth-order valence-electron chi connectivity index (χ4n) is 3.69. The molecule has 0 spiro atoms. The van der Waals surface area contributed by atoms with Crippen LogP contribution < -0.4 is 19.9 Å². The number of benzene rings is 2. The molecule has 0 saturated carbocycles. The number of amides is 1. The van der Waals surface area contributed by atoms with Gasteiger partial charge in [0.1, 0.15) is 21.9 Å². The number of hydrogen-bond acceptors (Lipinski definition) is 5. The van der Waals surface area contributed by atoms with E-state index in [-0.39, 0.29) is 5.88 Å². The molecule has 7 heteroatoms. The van der Waals surface area contributed by atoms with Gasteiger partial charge in [-0.1, -0.05) is 42.5 Å². The number of thiazole rings is 1. The van der Waals surface area contributed by atoms with Crippen LogP contribution in [0, 0.1) is 0 Å². The van der Waals surface area contributed by atoms with Gasteiger partial charge in [-0.15, -0.1) is 0 Å². The van der Waals surface area contributed by atoms with Crippen molar-refractivity contribution in [3.8, 4) is 22.1 Å². The maximum absolute atomic E-state index is 12.4. The first kappa shape index (κ1) is 19.0. The largest absolute Gasteiger partial charge is 0.497 e. The zero-order valence-corrected chi connectivity index (χ0v) is 17.2. The third-order valence-corrected chi connectivity index (χ3v) is 6.55. The van der Waals surface area contributed by atoms with Crippen LogP contribution in [0.5, 0.6) is 11.6 Å². The Morgan fingerprint density at radius 1 is 1.17 bits per heavy atom. The number of nitrogens with two attached hydrogens (primary N) is 1. The van der Waals surface area contributed by atoms with Gasteiger partial charge in [0.15, 0.2) is 6.04 Å². The second-order valence-corrected chi connectivity index (χ2v) is 7.85. The summed E-state index contributed by atoms with van der Waals surface area (Å²) < 4.78 is 7.04. The van der Waals surface area contributed by atoms with Gasteiger partial charge >= 0.3 is 11.0 Å². The Labute approximate surface area is 173 Å². The first-order valence-electron chi connectivity index (χ1n) is 9.15. The van der Waals surface area contributed by atoms with Gasteiger partial charge in [0.2, 0.25) is 0 Å². The van der Waals surface area contributed by atoms with E-state index in [1.807, 2.05) is 73.5 Å². The highest BCUT2D eigenvalue weighted by molar-refractivity contribution is 7.18. The van der Waals surface area contributed by atoms with Crippen LogP contribution in [-0.2, 0) is 4.79 Å². The lowest BCUT2D eigenvalue weighted by Crippen LogP contribution is -2.50. The molecular formula is C22H22N3O3S+. The molecule has 0 radical (unpaired) electrons. The average Bonchev–Trinajstić information content (AvgIpc) is 3.08. The predicted molar refractivity (Wildman–Crippen MR) is 113 cm³/mol. The van der Waals surface area contributed by atoms with Crippen molar-refractivity contribution in [2.75, 3.05) is 19.1 Å². The van der Waals surface area contributed by atoms with Crippen molar-refractivity contribution >= 4 is 22.4 Å². The Balaban J connectivity index is 1.97. The van der Waals surface area contributed by atoms with Crippen molar-refractivity contribution in [3.05, 3.63) is 71.4 Å². The summed E-state index contributed by atoms with van der Waals surface area (Å²) in [6.45, 7) is 1.87. The number of nitrogens with zero attached hydrogens (tertiary/aromatic N) is 2. The normalized spacial score (nSPS) is 16.0. The number of carbonyl (C=O) groups is 1. The quantitative estimate of drug-likeness (QED) is 0.650. The van der Waals surface area contributed by atoms with Crippen LogP contribution in [0.25, 0.3) is 10.4 Å². The van der Waals surface area contributed by atoms with E-state index in [2.05, 4.69) is 0 Å². The number of primary amides is 1. The number of rotatable bonds is 4. The van der Waals surface area contributed by atoms with Crippen LogP contribution >= 0.6 is 11.3 Å². The molecule has 1 aliphatic rings. The maximum atomic E-state index is 12.4. The van der Waals surface area contributed by atoms with Gasteiger partial charge in [-0.3, -0.25) is 4.79 Å². The SMILES string of the molecule is COc1ccc(C2C(C(N)=O)=C(C)N(C)c3sc(-c4ccccc4)c(O)[n+]32)cc1. The lowest BCUT2D eigenvalue weighted by molar-refractivity contribution is -0.695. The van der Waals surface area contributed by atoms with Gasteiger partial charge in [0.05, 0.1) is 14.2 Å². The predicted octanol–water partition coefficient (Wildman–Crippen LogP) is 3.22. The Bertz CT molecular complexity index is 1100. The number of methoxy groups -OCH3 is 1. The highest BCUT2D eigenvalue weighted by Crippen LogP contribution is 2.44. The lowest BCUT2D eigenvalue weighted by atomic mass is 9.94. The summed E-state index contributed by atoms with van der Waals surface area (Å²) in [4.78, 5) is 15.1. The summed E-state index contributed by atoms with van der Waals surface area (Å²) in [6.07, 6.45) is 0. The Kier molecular flexibility index (Phi) is 4.76. The molecule has 2 heterocycles. The topological polar surface area (TPSA) is 79.7 Å². The van der Waals surface area contributed by atoms with E-state index >= 15 is 0 Å². The first-order chi connectivity index (χ1) is 13.9. The highest BCUT2D eigenvalue weighted by atomic mass is 32.1. The third-order valence-electron chi connectivity index (χ3n) is 5.28. The van der Waals surface area contributed by atoms with Gasteiger partial charge < -0.3 is 15.6 Å². The molecule has 3 N–H and O–H groups in total. The maximum Gasteiger partial charge on any atom is 0.345 e. The number of allylic oxidation sites excluding steroid dienone is 1. The molecule has 2 aromatic carbocycles. The first-order valence-corrected chi connectivity index (χ1v) is 9.96. The number of carbonyl (C=O) groups excluding carboxylic acids is 1. The summed E-state index contributed by atoms with van der Waals surface area (Å²) in [7, 11) is 3.48. The second kappa shape index (κ2) is 7.25. The second-order valence-electron chi connectivity index (χ2n) is 6.87. The summed E-state index contributed by atoms with van der Waals surface area (Å²) in [6, 6.07) is 16.6. The van der Waals surface area contributed by atoms with Crippen molar-refractivity contribution in [1.29, 1.82) is 0 Å². The monoisotopic (exact) mass is 408 g/mol. The number of aromatic hydroxyl groups is 1. The zero-order chi connectivity index (χ0) is 20.7. The van der Waals surface area contributed by atoms with E-state index in [0.29, 0.717) is 11.3 Å². The molecule has 1 atom stereocenters. The Morgan fingerprint density at radius 2 is 1.83 bits per heavy atom. The van der Waals surface area contributed by atoms with E-state index < -0.39 is 11.9 Å². The summed E-state index contributed by atoms with van der Waals surface area (Å²) >= 11 is 1.47. The average molecular weight is 409 g/mol. The van der Waals surface area contributed by atoms with Crippen molar-refractivity contribution in [1.82, 2.24) is 0 Å². The van der Waals surface area contributed by atoms with Gasteiger partial charge in [-0.25, -0.2) is 4.90 Å². The van der Waals surface area contributed by atoms with Gasteiger partial charge in [0, 0.05) is 5.56 Å². The molecule has 3 aromatic rings. The Hall–Kier alpha value is -3.32. The number of ether oxygens (including phenoxy) is 1. The fraction of sp³-hybridized carbons (Fsp3) is 0.182. The van der Waals surface area contributed by atoms with Gasteiger partial charge in [-0.05, 0) is 36.0 Å². The van der Waals surface area contributed by atoms with Crippen LogP contribution in [0.4, 0.5) is 5.13 Å². The fourth-order valence-corrected chi connectivity index (χ4v) is 4.88. The molecule has 4 rings (SSSR count). The zero-order valence-electron chi connectivity index (χ0n) is 16.4. The molecule has 148 valence electrons. The molecule has 6 nitrogen and oxygen atoms in total. The molecule has 0 aliphatic carbocycles. The molecular weight excluding hydrogens is 386 g/mol. The molecule has 1 aliphatic heterocycles. The van der Waals surface area contributed by atoms with E-state index in [1.54, 1.807) is 11.7 Å². The van der Waals surface area contributed by atoms with Crippen molar-refractivity contribution < 1.29 is 19.2 Å². The highest BCUT2D eigenvalue weighted by Gasteiger charge is 2.44. The molecule has 29 heavy (non-hydrogen) atoms. The van der Waals surface area contributed by atoms with E-state index in [1.165, 1.54) is 11.3 Å². The molecule has 0 fully saturated rings. The summed E-state index contributed by atoms with van der Waals surface area (Å²) in [5, 5.41) is 12.0. The molecule has 0 bridgehead atoms. The van der Waals surface area contributed by atoms with Gasteiger partial charge in [-0.2, -0.15) is 4.57 Å². The minimum Gasteiger partial charge on any atom is -0.497 e. The van der Waals surface area contributed by atoms with E-state index in [9.17, 15) is 9.90 Å². The smallest absolute Gasteiger partial charge is 0.345 e. The number of hydrogen-bond donors (Lipinski definition) is 2. The van der Waals surface area contributed by atoms with Crippen LogP contribution in [0.1, 0.15) is 18.5 Å². The standard InChI is InChI=1S/C22H21N3O3S/c1-13-17(20(23)26)18(14-9-11-16(28-3)12-10-14)25-21(27)19(29-22(25)24(13)2)15-7-5-4-6-8-15/h4-12,18H,1-3H3,(H2-,23,26,27)/p+1. The molecule has 0 saturated heterocycles. The number of aromatic nitrogens is 1. The van der Waals surface area contributed by atoms with Crippen LogP contribution in [0.2, 0.25) is 0 Å². The summed E-state index contributed by atoms with van der Waals surface area (Å²) in [5.74, 6) is 0.308. The summed E-state index contributed by atoms with van der Waals surface area (Å²) in [5.41, 5.74) is 8.75. The van der Waals surface area contributed by atoms with Crippen LogP contribution in [0.3, 0.4) is 0 Å².